The van der Waals surface area contributed by atoms with Gasteiger partial charge in [0.2, 0.25) is 0 Å². The van der Waals surface area contributed by atoms with Gasteiger partial charge in [-0.15, -0.1) is 0 Å². The molecule has 9 nitrogen and oxygen atoms in total. The molecule has 0 spiro atoms. The largest absolute Gasteiger partial charge is 0.508 e. The third kappa shape index (κ3) is 7.51. The summed E-state index contributed by atoms with van der Waals surface area (Å²) in [6, 6.07) is 13.2. The fourth-order valence-electron chi connectivity index (χ4n) is 3.62. The summed E-state index contributed by atoms with van der Waals surface area (Å²) in [6.07, 6.45) is 0.582. The summed E-state index contributed by atoms with van der Waals surface area (Å²) in [5.74, 6) is -3.00. The smallest absolute Gasteiger partial charge is 0.328 e. The van der Waals surface area contributed by atoms with E-state index in [2.05, 4.69) is 10.6 Å². The Bertz CT molecular complexity index is 1410. The molecule has 1 unspecified atom stereocenters. The highest BCUT2D eigenvalue weighted by Crippen LogP contribution is 2.41. The predicted molar refractivity (Wildman–Crippen MR) is 146 cm³/mol. The molecule has 3 rings (SSSR count). The molecule has 0 radical (unpaired) electrons. The summed E-state index contributed by atoms with van der Waals surface area (Å²) in [6.45, 7) is 1.17. The zero-order valence-electron chi connectivity index (χ0n) is 20.1. The van der Waals surface area contributed by atoms with Gasteiger partial charge in [0, 0.05) is 23.6 Å². The summed E-state index contributed by atoms with van der Waals surface area (Å²) in [7, 11) is -2.81. The lowest BCUT2D eigenvalue weighted by atomic mass is 10.1. The van der Waals surface area contributed by atoms with Crippen LogP contribution in [0.15, 0.2) is 60.7 Å². The lowest BCUT2D eigenvalue weighted by molar-refractivity contribution is -0.139. The summed E-state index contributed by atoms with van der Waals surface area (Å²) in [4.78, 5) is 36.8. The zero-order valence-corrected chi connectivity index (χ0v) is 22.6. The van der Waals surface area contributed by atoms with Crippen LogP contribution in [-0.4, -0.2) is 58.5 Å². The topological polar surface area (TPSA) is 153 Å². The van der Waals surface area contributed by atoms with Crippen LogP contribution < -0.4 is 15.9 Å². The Kier molecular flexibility index (Phi) is 9.44. The maximum atomic E-state index is 13.1. The van der Waals surface area contributed by atoms with Gasteiger partial charge in [-0.05, 0) is 61.1 Å². The first-order valence-electron chi connectivity index (χ1n) is 11.3. The summed E-state index contributed by atoms with van der Waals surface area (Å²) < 4.78 is 13.1. The second-order valence-electron chi connectivity index (χ2n) is 8.65. The predicted octanol–water partition coefficient (Wildman–Crippen LogP) is 3.88. The first-order valence-corrected chi connectivity index (χ1v) is 14.4. The van der Waals surface area contributed by atoms with Crippen molar-refractivity contribution in [1.29, 1.82) is 0 Å². The average molecular weight is 579 g/mol. The van der Waals surface area contributed by atoms with Crippen molar-refractivity contribution in [3.8, 4) is 11.5 Å². The number of hydrogen-bond acceptors (Lipinski definition) is 6. The highest BCUT2D eigenvalue weighted by Gasteiger charge is 2.25. The van der Waals surface area contributed by atoms with Crippen LogP contribution in [-0.2, 0) is 15.8 Å². The van der Waals surface area contributed by atoms with Gasteiger partial charge in [-0.2, -0.15) is 0 Å². The number of phenolic OH excluding ortho intramolecular Hbond substituents is 2. The second-order valence-corrected chi connectivity index (χ2v) is 12.6. The van der Waals surface area contributed by atoms with Crippen molar-refractivity contribution in [2.24, 2.45) is 0 Å². The van der Waals surface area contributed by atoms with E-state index in [-0.39, 0.29) is 38.8 Å². The highest BCUT2D eigenvalue weighted by atomic mass is 35.5. The van der Waals surface area contributed by atoms with Crippen LogP contribution in [0.3, 0.4) is 0 Å². The molecule has 0 saturated heterocycles. The number of carboxylic acids is 1. The number of nitrogens with one attached hydrogen (secondary N) is 2. The number of carboxylic acid groups (broad SMARTS) is 1. The van der Waals surface area contributed by atoms with E-state index >= 15 is 0 Å². The number of aliphatic carboxylic acids is 1. The standard InChI is InChI=1S/C26H25Cl2N2O7P/c1-38(37,19-7-3-6-18(32)13-19)9-8-15-10-20(27)23(21(28)11-15)25(34)30-22(26(35)36)14-29-24(33)16-4-2-5-17(31)12-16/h2-7,10-13,22,31-32H,8-9,14H2,1H3,(H,29,33)(H,30,34)(H,35,36)/t22-,38?/m0/s1. The number of carbonyl (C=O) groups is 3. The van der Waals surface area contributed by atoms with E-state index in [9.17, 15) is 34.3 Å². The van der Waals surface area contributed by atoms with Crippen molar-refractivity contribution in [2.75, 3.05) is 19.4 Å². The molecule has 2 amide bonds. The van der Waals surface area contributed by atoms with Crippen LogP contribution in [0.5, 0.6) is 11.5 Å². The van der Waals surface area contributed by atoms with Gasteiger partial charge in [0.25, 0.3) is 11.8 Å². The molecule has 2 atom stereocenters. The van der Waals surface area contributed by atoms with Gasteiger partial charge in [-0.25, -0.2) is 4.79 Å². The summed E-state index contributed by atoms with van der Waals surface area (Å²) in [5, 5.41) is 33.9. The van der Waals surface area contributed by atoms with Gasteiger partial charge in [-0.1, -0.05) is 41.4 Å². The van der Waals surface area contributed by atoms with E-state index < -0.39 is 37.5 Å². The first kappa shape index (κ1) is 29.0. The first-order chi connectivity index (χ1) is 17.9. The van der Waals surface area contributed by atoms with Crippen LogP contribution >= 0.6 is 30.3 Å². The third-order valence-electron chi connectivity index (χ3n) is 5.71. The third-order valence-corrected chi connectivity index (χ3v) is 8.75. The number of aryl methyl sites for hydroxylation is 1. The second kappa shape index (κ2) is 12.3. The fraction of sp³-hybridized carbons (Fsp3) is 0.192. The van der Waals surface area contributed by atoms with Crippen LogP contribution in [0.25, 0.3) is 0 Å². The number of hydrogen-bond donors (Lipinski definition) is 5. The number of carbonyl (C=O) groups excluding carboxylic acids is 2. The van der Waals surface area contributed by atoms with Gasteiger partial charge in [0.05, 0.1) is 15.6 Å². The van der Waals surface area contributed by atoms with E-state index in [1.807, 2.05) is 0 Å². The van der Waals surface area contributed by atoms with E-state index in [0.29, 0.717) is 17.3 Å². The molecule has 5 N–H and O–H groups in total. The molecule has 12 heteroatoms. The highest BCUT2D eigenvalue weighted by molar-refractivity contribution is 7.70. The van der Waals surface area contributed by atoms with Crippen LogP contribution in [0.1, 0.15) is 26.3 Å². The minimum Gasteiger partial charge on any atom is -0.508 e. The Morgan fingerprint density at radius 2 is 1.53 bits per heavy atom. The quantitative estimate of drug-likeness (QED) is 0.229. The number of amides is 2. The average Bonchev–Trinajstić information content (AvgIpc) is 2.84. The van der Waals surface area contributed by atoms with E-state index in [1.165, 1.54) is 48.5 Å². The molecule has 0 heterocycles. The lowest BCUT2D eigenvalue weighted by Gasteiger charge is -2.17. The molecular formula is C26H25Cl2N2O7P. The SMILES string of the molecule is CP(=O)(CCc1cc(Cl)c(C(=O)N[C@@H](CNC(=O)c2cccc(O)c2)C(=O)O)c(Cl)c1)c1cccc(O)c1. The molecule has 3 aromatic rings. The molecular weight excluding hydrogens is 554 g/mol. The van der Waals surface area contributed by atoms with Gasteiger partial charge in [0.1, 0.15) is 24.7 Å². The van der Waals surface area contributed by atoms with Crippen LogP contribution in [0.2, 0.25) is 10.0 Å². The minimum atomic E-state index is -2.81. The number of rotatable bonds is 10. The molecule has 0 fully saturated rings. The molecule has 0 saturated carbocycles. The lowest BCUT2D eigenvalue weighted by Crippen LogP contribution is -2.48. The van der Waals surface area contributed by atoms with E-state index in [4.69, 9.17) is 23.2 Å². The van der Waals surface area contributed by atoms with Gasteiger partial charge in [0.15, 0.2) is 0 Å². The zero-order chi connectivity index (χ0) is 28.0. The molecule has 200 valence electrons. The molecule has 0 aliphatic heterocycles. The number of benzene rings is 3. The maximum absolute atomic E-state index is 13.1. The molecule has 0 aromatic heterocycles. The normalized spacial score (nSPS) is 13.2. The van der Waals surface area contributed by atoms with Crippen molar-refractivity contribution in [3.05, 3.63) is 87.4 Å². The molecule has 0 aliphatic carbocycles. The Morgan fingerprint density at radius 3 is 2.11 bits per heavy atom. The Balaban J connectivity index is 1.68. The van der Waals surface area contributed by atoms with Gasteiger partial charge in [-0.3, -0.25) is 9.59 Å². The minimum absolute atomic E-state index is 0.0182. The van der Waals surface area contributed by atoms with Crippen molar-refractivity contribution in [1.82, 2.24) is 10.6 Å². The maximum Gasteiger partial charge on any atom is 0.328 e. The number of phenols is 2. The monoisotopic (exact) mass is 578 g/mol. The van der Waals surface area contributed by atoms with Crippen LogP contribution in [0, 0.1) is 0 Å². The number of aromatic hydroxyl groups is 2. The van der Waals surface area contributed by atoms with Crippen LogP contribution in [0.4, 0.5) is 0 Å². The Hall–Kier alpha value is -3.52. The fourth-order valence-corrected chi connectivity index (χ4v) is 6.07. The Labute approximate surface area is 228 Å². The Morgan fingerprint density at radius 1 is 0.921 bits per heavy atom. The summed E-state index contributed by atoms with van der Waals surface area (Å²) >= 11 is 12.6. The van der Waals surface area contributed by atoms with E-state index in [0.717, 1.165) is 0 Å². The van der Waals surface area contributed by atoms with Crippen molar-refractivity contribution in [2.45, 2.75) is 12.5 Å². The van der Waals surface area contributed by atoms with Crippen molar-refractivity contribution in [3.63, 3.8) is 0 Å². The van der Waals surface area contributed by atoms with Gasteiger partial charge < -0.3 is 30.5 Å². The molecule has 38 heavy (non-hydrogen) atoms. The molecule has 3 aromatic carbocycles. The molecule has 0 bridgehead atoms. The number of halogens is 2. The van der Waals surface area contributed by atoms with Crippen molar-refractivity contribution < 1.29 is 34.3 Å². The van der Waals surface area contributed by atoms with Gasteiger partial charge >= 0.3 is 5.97 Å². The summed E-state index contributed by atoms with van der Waals surface area (Å²) in [5.41, 5.74) is 0.588. The molecule has 0 aliphatic rings. The van der Waals surface area contributed by atoms with Crippen molar-refractivity contribution >= 4 is 53.4 Å². The van der Waals surface area contributed by atoms with E-state index in [1.54, 1.807) is 18.8 Å².